The Kier molecular flexibility index (Phi) is 8.06. The minimum Gasteiger partial charge on any atom is -0.495 e. The van der Waals surface area contributed by atoms with Gasteiger partial charge in [-0.1, -0.05) is 26.0 Å². The van der Waals surface area contributed by atoms with Crippen LogP contribution in [0.3, 0.4) is 0 Å². The van der Waals surface area contributed by atoms with Gasteiger partial charge >= 0.3 is 6.03 Å². The zero-order valence-corrected chi connectivity index (χ0v) is 16.8. The number of nitrogens with one attached hydrogen (secondary N) is 2. The number of nitrogens with zero attached hydrogens (tertiary/aromatic N) is 2. The monoisotopic (exact) mass is 390 g/mol. The van der Waals surface area contributed by atoms with Gasteiger partial charge in [0.25, 0.3) is 5.91 Å². The number of amides is 3. The van der Waals surface area contributed by atoms with Gasteiger partial charge in [-0.05, 0) is 25.0 Å². The van der Waals surface area contributed by atoms with Crippen LogP contribution in [0.15, 0.2) is 29.6 Å². The van der Waals surface area contributed by atoms with Crippen LogP contribution < -0.4 is 15.4 Å². The summed E-state index contributed by atoms with van der Waals surface area (Å²) >= 11 is 1.38. The highest BCUT2D eigenvalue weighted by molar-refractivity contribution is 7.09. The van der Waals surface area contributed by atoms with E-state index in [1.807, 2.05) is 26.0 Å². The van der Waals surface area contributed by atoms with Crippen molar-refractivity contribution < 1.29 is 14.3 Å². The first kappa shape index (κ1) is 20.7. The van der Waals surface area contributed by atoms with Crippen LogP contribution in [0.4, 0.5) is 10.5 Å². The highest BCUT2D eigenvalue weighted by Crippen LogP contribution is 2.24. The van der Waals surface area contributed by atoms with Crippen molar-refractivity contribution in [2.45, 2.75) is 33.2 Å². The minimum absolute atomic E-state index is 0.181. The molecule has 0 saturated heterocycles. The third kappa shape index (κ3) is 5.96. The van der Waals surface area contributed by atoms with Crippen molar-refractivity contribution in [3.63, 3.8) is 0 Å². The summed E-state index contributed by atoms with van der Waals surface area (Å²) in [6, 6.07) is 7.04. The van der Waals surface area contributed by atoms with E-state index in [1.165, 1.54) is 11.3 Å². The summed E-state index contributed by atoms with van der Waals surface area (Å²) in [6.07, 6.45) is 1.69. The predicted octanol–water partition coefficient (Wildman–Crippen LogP) is 3.74. The van der Waals surface area contributed by atoms with E-state index in [9.17, 15) is 9.59 Å². The lowest BCUT2D eigenvalue weighted by Gasteiger charge is -2.22. The van der Waals surface area contributed by atoms with Crippen LogP contribution >= 0.6 is 11.3 Å². The van der Waals surface area contributed by atoms with Crippen LogP contribution in [0.2, 0.25) is 0 Å². The standard InChI is InChI=1S/C19H26N4O3S/c1-4-10-20-18(24)15-13-27-17(21-15)12-23(11-5-2)19(25)22-14-8-6-7-9-16(14)26-3/h6-9,13H,4-5,10-12H2,1-3H3,(H,20,24)(H,22,25). The molecule has 0 aliphatic carbocycles. The van der Waals surface area contributed by atoms with E-state index in [1.54, 1.807) is 29.5 Å². The Hall–Kier alpha value is -2.61. The quantitative estimate of drug-likeness (QED) is 0.683. The van der Waals surface area contributed by atoms with Crippen LogP contribution in [-0.2, 0) is 6.54 Å². The number of thiazole rings is 1. The lowest BCUT2D eigenvalue weighted by Crippen LogP contribution is -2.35. The smallest absolute Gasteiger partial charge is 0.322 e. The van der Waals surface area contributed by atoms with E-state index in [0.29, 0.717) is 36.8 Å². The Morgan fingerprint density at radius 2 is 2.00 bits per heavy atom. The van der Waals surface area contributed by atoms with Crippen molar-refractivity contribution in [2.24, 2.45) is 0 Å². The number of para-hydroxylation sites is 2. The molecule has 1 aromatic heterocycles. The molecule has 0 spiro atoms. The number of hydrogen-bond acceptors (Lipinski definition) is 5. The van der Waals surface area contributed by atoms with Gasteiger partial charge in [-0.3, -0.25) is 4.79 Å². The van der Waals surface area contributed by atoms with E-state index in [4.69, 9.17) is 4.74 Å². The summed E-state index contributed by atoms with van der Waals surface area (Å²) in [5.74, 6) is 0.422. The maximum absolute atomic E-state index is 12.7. The maximum Gasteiger partial charge on any atom is 0.322 e. The summed E-state index contributed by atoms with van der Waals surface area (Å²) < 4.78 is 5.28. The van der Waals surface area contributed by atoms with Gasteiger partial charge in [-0.25, -0.2) is 9.78 Å². The molecule has 0 unspecified atom stereocenters. The molecule has 8 heteroatoms. The Balaban J connectivity index is 2.05. The third-order valence-electron chi connectivity index (χ3n) is 3.78. The second-order valence-electron chi connectivity index (χ2n) is 5.93. The zero-order valence-electron chi connectivity index (χ0n) is 15.9. The van der Waals surface area contributed by atoms with Gasteiger partial charge in [-0.2, -0.15) is 0 Å². The van der Waals surface area contributed by atoms with Crippen molar-refractivity contribution >= 4 is 29.0 Å². The van der Waals surface area contributed by atoms with E-state index in [-0.39, 0.29) is 11.9 Å². The summed E-state index contributed by atoms with van der Waals surface area (Å²) in [4.78, 5) is 30.8. The molecule has 1 aromatic carbocycles. The van der Waals surface area contributed by atoms with Crippen molar-refractivity contribution in [3.8, 4) is 5.75 Å². The summed E-state index contributed by atoms with van der Waals surface area (Å²) in [6.45, 7) is 5.55. The topological polar surface area (TPSA) is 83.6 Å². The van der Waals surface area contributed by atoms with E-state index in [2.05, 4.69) is 15.6 Å². The molecule has 3 amide bonds. The molecule has 0 aliphatic rings. The van der Waals surface area contributed by atoms with Crippen molar-refractivity contribution in [1.29, 1.82) is 0 Å². The fraction of sp³-hybridized carbons (Fsp3) is 0.421. The Bertz CT molecular complexity index is 763. The Morgan fingerprint density at radius 1 is 1.22 bits per heavy atom. The van der Waals surface area contributed by atoms with Gasteiger partial charge in [0.2, 0.25) is 0 Å². The van der Waals surface area contributed by atoms with Crippen LogP contribution in [0, 0.1) is 0 Å². The van der Waals surface area contributed by atoms with E-state index >= 15 is 0 Å². The average Bonchev–Trinajstić information content (AvgIpc) is 3.15. The average molecular weight is 391 g/mol. The number of urea groups is 1. The molecule has 0 atom stereocenters. The first-order valence-electron chi connectivity index (χ1n) is 9.00. The summed E-state index contributed by atoms with van der Waals surface area (Å²) in [7, 11) is 1.56. The highest BCUT2D eigenvalue weighted by Gasteiger charge is 2.18. The fourth-order valence-electron chi connectivity index (χ4n) is 2.44. The summed E-state index contributed by atoms with van der Waals surface area (Å²) in [5, 5.41) is 8.14. The Morgan fingerprint density at radius 3 is 2.70 bits per heavy atom. The molecule has 0 saturated carbocycles. The van der Waals surface area contributed by atoms with E-state index in [0.717, 1.165) is 17.8 Å². The summed E-state index contributed by atoms with van der Waals surface area (Å²) in [5.41, 5.74) is 1.01. The lowest BCUT2D eigenvalue weighted by molar-refractivity contribution is 0.0949. The predicted molar refractivity (Wildman–Crippen MR) is 107 cm³/mol. The van der Waals surface area contributed by atoms with Crippen molar-refractivity contribution in [2.75, 3.05) is 25.5 Å². The zero-order chi connectivity index (χ0) is 19.6. The number of carbonyl (C=O) groups excluding carboxylic acids is 2. The molecule has 0 aliphatic heterocycles. The third-order valence-corrected chi connectivity index (χ3v) is 4.61. The number of rotatable bonds is 9. The largest absolute Gasteiger partial charge is 0.495 e. The molecule has 2 aromatic rings. The lowest BCUT2D eigenvalue weighted by atomic mass is 10.3. The minimum atomic E-state index is -0.228. The molecular weight excluding hydrogens is 364 g/mol. The van der Waals surface area contributed by atoms with Gasteiger partial charge in [0.1, 0.15) is 16.5 Å². The van der Waals surface area contributed by atoms with Crippen LogP contribution in [0.25, 0.3) is 0 Å². The molecule has 0 radical (unpaired) electrons. The van der Waals surface area contributed by atoms with Gasteiger partial charge in [-0.15, -0.1) is 11.3 Å². The van der Waals surface area contributed by atoms with Crippen LogP contribution in [-0.4, -0.2) is 42.0 Å². The highest BCUT2D eigenvalue weighted by atomic mass is 32.1. The van der Waals surface area contributed by atoms with E-state index < -0.39 is 0 Å². The number of ether oxygens (including phenoxy) is 1. The first-order valence-corrected chi connectivity index (χ1v) is 9.88. The second-order valence-corrected chi connectivity index (χ2v) is 6.88. The van der Waals surface area contributed by atoms with Crippen molar-refractivity contribution in [3.05, 3.63) is 40.3 Å². The van der Waals surface area contributed by atoms with Gasteiger partial charge in [0, 0.05) is 18.5 Å². The van der Waals surface area contributed by atoms with Gasteiger partial charge in [0.15, 0.2) is 0 Å². The molecule has 2 rings (SSSR count). The number of anilines is 1. The van der Waals surface area contributed by atoms with Gasteiger partial charge in [0.05, 0.1) is 19.3 Å². The molecule has 0 fully saturated rings. The Labute approximate surface area is 163 Å². The maximum atomic E-state index is 12.7. The normalized spacial score (nSPS) is 10.3. The molecule has 2 N–H and O–H groups in total. The number of benzene rings is 1. The molecule has 146 valence electrons. The molecule has 0 bridgehead atoms. The number of carbonyl (C=O) groups is 2. The first-order chi connectivity index (χ1) is 13.1. The van der Waals surface area contributed by atoms with Crippen molar-refractivity contribution in [1.82, 2.24) is 15.2 Å². The molecule has 7 nitrogen and oxygen atoms in total. The van der Waals surface area contributed by atoms with Gasteiger partial charge < -0.3 is 20.3 Å². The molecule has 27 heavy (non-hydrogen) atoms. The number of aromatic nitrogens is 1. The number of hydrogen-bond donors (Lipinski definition) is 2. The number of methoxy groups -OCH3 is 1. The SMILES string of the molecule is CCCNC(=O)c1csc(CN(CCC)C(=O)Nc2ccccc2OC)n1. The molecule has 1 heterocycles. The molecular formula is C19H26N4O3S. The van der Waals surface area contributed by atoms with Crippen LogP contribution in [0.1, 0.15) is 42.2 Å². The second kappa shape index (κ2) is 10.5. The fourth-order valence-corrected chi connectivity index (χ4v) is 3.23. The van der Waals surface area contributed by atoms with Crippen LogP contribution in [0.5, 0.6) is 5.75 Å².